The molecule has 1 unspecified atom stereocenters. The summed E-state index contributed by atoms with van der Waals surface area (Å²) in [5.74, 6) is -0.410. The molecule has 1 heterocycles. The van der Waals surface area contributed by atoms with Crippen molar-refractivity contribution in [1.82, 2.24) is 5.32 Å². The predicted octanol–water partition coefficient (Wildman–Crippen LogP) is 0.960. The molecule has 1 saturated carbocycles. The first-order chi connectivity index (χ1) is 9.20. The highest BCUT2D eigenvalue weighted by molar-refractivity contribution is 5.74. The number of ether oxygens (including phenoxy) is 2. The molecule has 3 N–H and O–H groups in total. The number of carbonyl (C=O) groups is 1. The van der Waals surface area contributed by atoms with Crippen LogP contribution in [0.2, 0.25) is 0 Å². The number of hydrogen-bond donors (Lipinski definition) is 2. The average Bonchev–Trinajstić information content (AvgIpc) is 2.39. The van der Waals surface area contributed by atoms with E-state index in [1.54, 1.807) is 0 Å². The lowest BCUT2D eigenvalue weighted by Crippen LogP contribution is -2.48. The van der Waals surface area contributed by atoms with Crippen molar-refractivity contribution in [3.8, 4) is 0 Å². The Balaban J connectivity index is 1.65. The Hall–Kier alpha value is -0.650. The molecular formula is C14H26N2O3. The summed E-state index contributed by atoms with van der Waals surface area (Å²) in [5, 5.41) is 3.51. The fraction of sp³-hybridized carbons (Fsp3) is 0.929. The standard InChI is InChI=1S/C14H26N2O3/c15-13(17)11-18-9-7-16-12-4-8-19-14(10-12)5-2-1-3-6-14/h12,16H,1-11H2,(H2,15,17). The molecule has 1 aliphatic carbocycles. The van der Waals surface area contributed by atoms with Crippen molar-refractivity contribution in [3.05, 3.63) is 0 Å². The van der Waals surface area contributed by atoms with E-state index in [-0.39, 0.29) is 12.2 Å². The molecule has 2 fully saturated rings. The highest BCUT2D eigenvalue weighted by Crippen LogP contribution is 2.38. The van der Waals surface area contributed by atoms with Crippen LogP contribution in [0.3, 0.4) is 0 Å². The van der Waals surface area contributed by atoms with Crippen LogP contribution in [-0.4, -0.2) is 43.9 Å². The van der Waals surface area contributed by atoms with Gasteiger partial charge >= 0.3 is 0 Å². The Morgan fingerprint density at radius 3 is 2.89 bits per heavy atom. The van der Waals surface area contributed by atoms with Gasteiger partial charge in [0, 0.05) is 19.2 Å². The lowest BCUT2D eigenvalue weighted by Gasteiger charge is -2.43. The largest absolute Gasteiger partial charge is 0.375 e. The van der Waals surface area contributed by atoms with Crippen molar-refractivity contribution in [2.75, 3.05) is 26.4 Å². The van der Waals surface area contributed by atoms with Gasteiger partial charge in [0.05, 0.1) is 12.2 Å². The minimum Gasteiger partial charge on any atom is -0.375 e. The molecule has 0 aromatic rings. The van der Waals surface area contributed by atoms with E-state index in [4.69, 9.17) is 15.2 Å². The first-order valence-electron chi connectivity index (χ1n) is 7.44. The van der Waals surface area contributed by atoms with E-state index >= 15 is 0 Å². The van der Waals surface area contributed by atoms with E-state index in [9.17, 15) is 4.79 Å². The fourth-order valence-corrected chi connectivity index (χ4v) is 3.25. The summed E-state index contributed by atoms with van der Waals surface area (Å²) in [4.78, 5) is 10.5. The maximum atomic E-state index is 10.5. The van der Waals surface area contributed by atoms with Crippen molar-refractivity contribution in [2.45, 2.75) is 56.6 Å². The second-order valence-corrected chi connectivity index (χ2v) is 5.75. The second kappa shape index (κ2) is 7.22. The van der Waals surface area contributed by atoms with Crippen molar-refractivity contribution >= 4 is 5.91 Å². The number of rotatable bonds is 6. The van der Waals surface area contributed by atoms with Gasteiger partial charge in [-0.15, -0.1) is 0 Å². The van der Waals surface area contributed by atoms with Crippen LogP contribution in [0.25, 0.3) is 0 Å². The number of amides is 1. The summed E-state index contributed by atoms with van der Waals surface area (Å²) in [6.07, 6.45) is 8.56. The van der Waals surface area contributed by atoms with Crippen LogP contribution in [0.4, 0.5) is 0 Å². The molecule has 110 valence electrons. The first kappa shape index (κ1) is 14.8. The molecule has 1 saturated heterocycles. The van der Waals surface area contributed by atoms with Crippen molar-refractivity contribution in [1.29, 1.82) is 0 Å². The van der Waals surface area contributed by atoms with E-state index in [2.05, 4.69) is 5.32 Å². The highest BCUT2D eigenvalue weighted by Gasteiger charge is 2.38. The van der Waals surface area contributed by atoms with Gasteiger partial charge in [-0.05, 0) is 25.7 Å². The predicted molar refractivity (Wildman–Crippen MR) is 72.8 cm³/mol. The van der Waals surface area contributed by atoms with Gasteiger partial charge < -0.3 is 20.5 Å². The zero-order valence-electron chi connectivity index (χ0n) is 11.7. The fourth-order valence-electron chi connectivity index (χ4n) is 3.25. The second-order valence-electron chi connectivity index (χ2n) is 5.75. The number of nitrogens with one attached hydrogen (secondary N) is 1. The van der Waals surface area contributed by atoms with E-state index in [0.717, 1.165) is 26.0 Å². The molecule has 0 bridgehead atoms. The van der Waals surface area contributed by atoms with Crippen LogP contribution < -0.4 is 11.1 Å². The van der Waals surface area contributed by atoms with Gasteiger partial charge in [0.15, 0.2) is 0 Å². The molecule has 0 radical (unpaired) electrons. The van der Waals surface area contributed by atoms with Crippen LogP contribution in [-0.2, 0) is 14.3 Å². The quantitative estimate of drug-likeness (QED) is 0.705. The lowest BCUT2D eigenvalue weighted by atomic mass is 9.78. The van der Waals surface area contributed by atoms with Gasteiger partial charge in [0.1, 0.15) is 6.61 Å². The Labute approximate surface area is 115 Å². The molecule has 0 aromatic heterocycles. The number of carbonyl (C=O) groups excluding carboxylic acids is 1. The number of hydrogen-bond acceptors (Lipinski definition) is 4. The summed E-state index contributed by atoms with van der Waals surface area (Å²) < 4.78 is 11.2. The molecule has 1 aliphatic heterocycles. The summed E-state index contributed by atoms with van der Waals surface area (Å²) in [7, 11) is 0. The van der Waals surface area contributed by atoms with E-state index < -0.39 is 5.91 Å². The molecule has 2 aliphatic rings. The van der Waals surface area contributed by atoms with Crippen LogP contribution >= 0.6 is 0 Å². The molecule has 5 heteroatoms. The molecule has 1 atom stereocenters. The smallest absolute Gasteiger partial charge is 0.243 e. The zero-order chi connectivity index (χ0) is 13.6. The van der Waals surface area contributed by atoms with E-state index in [1.165, 1.54) is 32.1 Å². The normalized spacial score (nSPS) is 26.4. The molecule has 2 rings (SSSR count). The Morgan fingerprint density at radius 2 is 2.16 bits per heavy atom. The van der Waals surface area contributed by atoms with Crippen molar-refractivity contribution in [2.24, 2.45) is 5.73 Å². The molecule has 1 spiro atoms. The number of nitrogens with two attached hydrogens (primary N) is 1. The third kappa shape index (κ3) is 4.75. The van der Waals surface area contributed by atoms with E-state index in [1.807, 2.05) is 0 Å². The average molecular weight is 270 g/mol. The van der Waals surface area contributed by atoms with Gasteiger partial charge in [-0.3, -0.25) is 4.79 Å². The zero-order valence-corrected chi connectivity index (χ0v) is 11.7. The maximum Gasteiger partial charge on any atom is 0.243 e. The molecule has 5 nitrogen and oxygen atoms in total. The van der Waals surface area contributed by atoms with Gasteiger partial charge in [0.2, 0.25) is 5.91 Å². The number of primary amides is 1. The van der Waals surface area contributed by atoms with E-state index in [0.29, 0.717) is 12.6 Å². The topological polar surface area (TPSA) is 73.6 Å². The van der Waals surface area contributed by atoms with Crippen molar-refractivity contribution < 1.29 is 14.3 Å². The van der Waals surface area contributed by atoms with Crippen LogP contribution in [0.1, 0.15) is 44.9 Å². The van der Waals surface area contributed by atoms with Crippen LogP contribution in [0.15, 0.2) is 0 Å². The maximum absolute atomic E-state index is 10.5. The Kier molecular flexibility index (Phi) is 5.60. The first-order valence-corrected chi connectivity index (χ1v) is 7.44. The summed E-state index contributed by atoms with van der Waals surface area (Å²) >= 11 is 0. The van der Waals surface area contributed by atoms with Crippen molar-refractivity contribution in [3.63, 3.8) is 0 Å². The van der Waals surface area contributed by atoms with Crippen LogP contribution in [0.5, 0.6) is 0 Å². The minimum absolute atomic E-state index is 0.0133. The third-order valence-corrected chi connectivity index (χ3v) is 4.18. The van der Waals surface area contributed by atoms with Gasteiger partial charge in [0.25, 0.3) is 0 Å². The monoisotopic (exact) mass is 270 g/mol. The molecule has 0 aromatic carbocycles. The molecule has 1 amide bonds. The Morgan fingerprint density at radius 1 is 1.37 bits per heavy atom. The molecule has 19 heavy (non-hydrogen) atoms. The van der Waals surface area contributed by atoms with Gasteiger partial charge in [-0.1, -0.05) is 19.3 Å². The van der Waals surface area contributed by atoms with Gasteiger partial charge in [-0.2, -0.15) is 0 Å². The third-order valence-electron chi connectivity index (χ3n) is 4.18. The Bertz CT molecular complexity index is 285. The SMILES string of the molecule is NC(=O)COCCNC1CCOC2(CCCCC2)C1. The summed E-state index contributed by atoms with van der Waals surface area (Å²) in [6, 6.07) is 0.518. The summed E-state index contributed by atoms with van der Waals surface area (Å²) in [6.45, 7) is 2.18. The summed E-state index contributed by atoms with van der Waals surface area (Å²) in [5.41, 5.74) is 5.15. The molecular weight excluding hydrogens is 244 g/mol. The lowest BCUT2D eigenvalue weighted by molar-refractivity contribution is -0.122. The minimum atomic E-state index is -0.410. The highest BCUT2D eigenvalue weighted by atomic mass is 16.5. The van der Waals surface area contributed by atoms with Crippen LogP contribution in [0, 0.1) is 0 Å². The van der Waals surface area contributed by atoms with Gasteiger partial charge in [-0.25, -0.2) is 0 Å².